The van der Waals surface area contributed by atoms with Gasteiger partial charge in [-0.15, -0.1) is 0 Å². The number of rotatable bonds is 9. The number of anilines is 1. The number of carbonyl (C=O) groups is 3. The fourth-order valence-corrected chi connectivity index (χ4v) is 4.90. The van der Waals surface area contributed by atoms with Gasteiger partial charge in [0.25, 0.3) is 11.8 Å². The van der Waals surface area contributed by atoms with Crippen LogP contribution in [0.15, 0.2) is 89.5 Å². The number of benzene rings is 4. The first-order valence-corrected chi connectivity index (χ1v) is 15.3. The molecule has 3 N–H and O–H groups in total. The molecule has 0 saturated heterocycles. The van der Waals surface area contributed by atoms with Crippen LogP contribution in [-0.4, -0.2) is 44.9 Å². The number of hydrogen-bond donors (Lipinski definition) is 3. The fourth-order valence-electron chi connectivity index (χ4n) is 4.72. The number of nitrogens with zero attached hydrogens (tertiary/aromatic N) is 2. The third-order valence-electron chi connectivity index (χ3n) is 7.15. The molecular formula is C36H32ClFN4O6. The van der Waals surface area contributed by atoms with Crippen molar-refractivity contribution in [3.63, 3.8) is 0 Å². The monoisotopic (exact) mass is 670 g/mol. The lowest BCUT2D eigenvalue weighted by Gasteiger charge is -2.19. The highest BCUT2D eigenvalue weighted by Crippen LogP contribution is 2.28. The predicted octanol–water partition coefficient (Wildman–Crippen LogP) is 7.94. The van der Waals surface area contributed by atoms with Gasteiger partial charge in [0.05, 0.1) is 5.56 Å². The van der Waals surface area contributed by atoms with Gasteiger partial charge in [-0.3, -0.25) is 10.1 Å². The Morgan fingerprint density at radius 3 is 2.33 bits per heavy atom. The Morgan fingerprint density at radius 1 is 0.958 bits per heavy atom. The van der Waals surface area contributed by atoms with E-state index in [1.807, 2.05) is 25.1 Å². The van der Waals surface area contributed by atoms with E-state index >= 15 is 4.39 Å². The molecule has 0 fully saturated rings. The van der Waals surface area contributed by atoms with Crippen LogP contribution in [0.2, 0.25) is 5.02 Å². The molecule has 2 amide bonds. The Morgan fingerprint density at radius 2 is 1.67 bits per heavy atom. The van der Waals surface area contributed by atoms with Crippen molar-refractivity contribution in [3.05, 3.63) is 112 Å². The molecular weight excluding hydrogens is 639 g/mol. The third-order valence-corrected chi connectivity index (χ3v) is 7.56. The SMILES string of the molecule is Cc1ccc(-c2cccc(C(=O)N[C@H](Cc3ccc(-c4noc(-c5ccc(NC(=O)OC(C)(C)C)cc5)n4)c(F)c3)C(=O)O)c2)cc1Cl. The minimum atomic E-state index is -1.33. The molecule has 5 aromatic rings. The van der Waals surface area contributed by atoms with Gasteiger partial charge in [-0.25, -0.2) is 14.0 Å². The molecule has 246 valence electrons. The average molecular weight is 671 g/mol. The summed E-state index contributed by atoms with van der Waals surface area (Å²) in [5.41, 5.74) is 3.50. The summed E-state index contributed by atoms with van der Waals surface area (Å²) < 4.78 is 25.8. The lowest BCUT2D eigenvalue weighted by molar-refractivity contribution is -0.139. The first-order chi connectivity index (χ1) is 22.8. The molecule has 0 unspecified atom stereocenters. The number of carbonyl (C=O) groups excluding carboxylic acids is 2. The van der Waals surface area contributed by atoms with Gasteiger partial charge in [0.2, 0.25) is 5.82 Å². The quantitative estimate of drug-likeness (QED) is 0.143. The summed E-state index contributed by atoms with van der Waals surface area (Å²) >= 11 is 6.26. The Bertz CT molecular complexity index is 1990. The molecule has 1 heterocycles. The number of halogens is 2. The third kappa shape index (κ3) is 8.42. The second kappa shape index (κ2) is 14.1. The molecule has 1 aromatic heterocycles. The van der Waals surface area contributed by atoms with Crippen LogP contribution >= 0.6 is 11.6 Å². The van der Waals surface area contributed by atoms with E-state index in [-0.39, 0.29) is 29.3 Å². The average Bonchev–Trinajstić information content (AvgIpc) is 3.51. The summed E-state index contributed by atoms with van der Waals surface area (Å²) in [5, 5.41) is 19.5. The maximum absolute atomic E-state index is 15.3. The van der Waals surface area contributed by atoms with Gasteiger partial charge in [-0.1, -0.05) is 47.1 Å². The van der Waals surface area contributed by atoms with Crippen molar-refractivity contribution in [2.75, 3.05) is 5.32 Å². The van der Waals surface area contributed by atoms with Gasteiger partial charge >= 0.3 is 12.1 Å². The zero-order valence-corrected chi connectivity index (χ0v) is 27.3. The Hall–Kier alpha value is -5.55. The van der Waals surface area contributed by atoms with Crippen LogP contribution in [-0.2, 0) is 16.0 Å². The number of nitrogens with one attached hydrogen (secondary N) is 2. The maximum Gasteiger partial charge on any atom is 0.412 e. The number of aliphatic carboxylic acids is 1. The van der Waals surface area contributed by atoms with Crippen LogP contribution in [0.5, 0.6) is 0 Å². The van der Waals surface area contributed by atoms with Gasteiger partial charge in [0.15, 0.2) is 0 Å². The van der Waals surface area contributed by atoms with Gasteiger partial charge < -0.3 is 19.7 Å². The van der Waals surface area contributed by atoms with Crippen LogP contribution in [0.25, 0.3) is 34.0 Å². The molecule has 0 radical (unpaired) electrons. The number of ether oxygens (including phenoxy) is 1. The maximum atomic E-state index is 15.3. The molecule has 1 atom stereocenters. The second-order valence-corrected chi connectivity index (χ2v) is 12.5. The largest absolute Gasteiger partial charge is 0.480 e. The summed E-state index contributed by atoms with van der Waals surface area (Å²) in [7, 11) is 0. The second-order valence-electron chi connectivity index (χ2n) is 12.1. The van der Waals surface area contributed by atoms with Gasteiger partial charge in [-0.2, -0.15) is 4.98 Å². The lowest BCUT2D eigenvalue weighted by Crippen LogP contribution is -2.42. The number of carboxylic acids is 1. The highest BCUT2D eigenvalue weighted by molar-refractivity contribution is 6.31. The van der Waals surface area contributed by atoms with E-state index in [0.29, 0.717) is 21.8 Å². The summed E-state index contributed by atoms with van der Waals surface area (Å²) in [6, 6.07) is 21.7. The van der Waals surface area contributed by atoms with Gasteiger partial charge in [0, 0.05) is 28.3 Å². The minimum absolute atomic E-state index is 0.0113. The van der Waals surface area contributed by atoms with Crippen LogP contribution in [0.4, 0.5) is 14.9 Å². The number of hydrogen-bond acceptors (Lipinski definition) is 7. The zero-order valence-electron chi connectivity index (χ0n) is 26.5. The summed E-state index contributed by atoms with van der Waals surface area (Å²) in [4.78, 5) is 41.5. The Balaban J connectivity index is 1.25. The van der Waals surface area contributed by atoms with E-state index in [0.717, 1.165) is 16.7 Å². The van der Waals surface area contributed by atoms with Crippen LogP contribution in [0.1, 0.15) is 42.3 Å². The van der Waals surface area contributed by atoms with Crippen LogP contribution < -0.4 is 10.6 Å². The molecule has 0 aliphatic heterocycles. The molecule has 5 rings (SSSR count). The summed E-state index contributed by atoms with van der Waals surface area (Å²) in [6.45, 7) is 7.17. The molecule has 10 nitrogen and oxygen atoms in total. The molecule has 0 aliphatic rings. The molecule has 48 heavy (non-hydrogen) atoms. The van der Waals surface area contributed by atoms with Crippen molar-refractivity contribution in [1.29, 1.82) is 0 Å². The minimum Gasteiger partial charge on any atom is -0.480 e. The topological polar surface area (TPSA) is 144 Å². The molecule has 12 heteroatoms. The fraction of sp³-hybridized carbons (Fsp3) is 0.194. The van der Waals surface area contributed by atoms with E-state index in [2.05, 4.69) is 20.8 Å². The van der Waals surface area contributed by atoms with E-state index in [4.69, 9.17) is 20.9 Å². The number of carboxylic acid groups (broad SMARTS) is 1. The highest BCUT2D eigenvalue weighted by atomic mass is 35.5. The highest BCUT2D eigenvalue weighted by Gasteiger charge is 2.23. The van der Waals surface area contributed by atoms with E-state index in [1.165, 1.54) is 18.2 Å². The van der Waals surface area contributed by atoms with Crippen molar-refractivity contribution in [2.45, 2.75) is 45.8 Å². The molecule has 0 saturated carbocycles. The van der Waals surface area contributed by atoms with Crippen molar-refractivity contribution in [2.24, 2.45) is 0 Å². The van der Waals surface area contributed by atoms with Gasteiger partial charge in [-0.05, 0) is 105 Å². The van der Waals surface area contributed by atoms with E-state index < -0.39 is 35.4 Å². The summed E-state index contributed by atoms with van der Waals surface area (Å²) in [6.07, 6.45) is -0.770. The summed E-state index contributed by atoms with van der Waals surface area (Å²) in [5.74, 6) is -2.45. The van der Waals surface area contributed by atoms with Crippen LogP contribution in [0.3, 0.4) is 0 Å². The van der Waals surface area contributed by atoms with E-state index in [9.17, 15) is 19.5 Å². The Labute approximate surface area is 280 Å². The molecule has 0 bridgehead atoms. The molecule has 4 aromatic carbocycles. The van der Waals surface area contributed by atoms with Crippen molar-refractivity contribution in [1.82, 2.24) is 15.5 Å². The Kier molecular flexibility index (Phi) is 9.90. The van der Waals surface area contributed by atoms with Crippen LogP contribution in [0, 0.1) is 12.7 Å². The number of amides is 2. The smallest absolute Gasteiger partial charge is 0.412 e. The van der Waals surface area contributed by atoms with Gasteiger partial charge in [0.1, 0.15) is 17.5 Å². The normalized spacial score (nSPS) is 11.9. The molecule has 0 spiro atoms. The standard InChI is InChI=1S/C36H32ClFN4O6/c1-20-8-10-24(19-28(20)37)23-6-5-7-25(18-23)32(43)40-30(34(44)45)17-21-9-15-27(29(38)16-21)31-41-33(48-42-31)22-11-13-26(14-12-22)39-35(46)47-36(2,3)4/h5-16,18-19,30H,17H2,1-4H3,(H,39,46)(H,40,43)(H,44,45)/t30-/m1/s1. The first kappa shape index (κ1) is 33.8. The zero-order chi connectivity index (χ0) is 34.6. The van der Waals surface area contributed by atoms with Crippen molar-refractivity contribution < 1.29 is 33.1 Å². The molecule has 0 aliphatic carbocycles. The van der Waals surface area contributed by atoms with Crippen molar-refractivity contribution >= 4 is 35.3 Å². The number of aromatic nitrogens is 2. The predicted molar refractivity (Wildman–Crippen MR) is 179 cm³/mol. The van der Waals surface area contributed by atoms with Crippen molar-refractivity contribution in [3.8, 4) is 34.0 Å². The van der Waals surface area contributed by atoms with E-state index in [1.54, 1.807) is 69.3 Å². The first-order valence-electron chi connectivity index (χ1n) is 14.9. The number of aryl methyl sites for hydroxylation is 1. The lowest BCUT2D eigenvalue weighted by atomic mass is 10.0.